The van der Waals surface area contributed by atoms with Crippen LogP contribution >= 0.6 is 0 Å². The maximum atomic E-state index is 12.3. The molecule has 1 heterocycles. The molecule has 0 bridgehead atoms. The predicted octanol–water partition coefficient (Wildman–Crippen LogP) is 3.69. The van der Waals surface area contributed by atoms with Crippen molar-refractivity contribution in [1.82, 2.24) is 5.32 Å². The zero-order valence-electron chi connectivity index (χ0n) is 14.8. The monoisotopic (exact) mass is 333 g/mol. The van der Waals surface area contributed by atoms with Gasteiger partial charge in [0.1, 0.15) is 0 Å². The number of amides is 1. The lowest BCUT2D eigenvalue weighted by molar-refractivity contribution is 0.0206. The normalized spacial score (nSPS) is 19.1. The topological polar surface area (TPSA) is 38.3 Å². The SMILES string of the molecule is Cc1ccc(C#Cc2ccc(C(=O)NCC3(C)CCCO3)cc2)cc1. The first kappa shape index (κ1) is 17.3. The molecule has 1 saturated heterocycles. The molecule has 1 amide bonds. The fourth-order valence-corrected chi connectivity index (χ4v) is 2.83. The van der Waals surface area contributed by atoms with Crippen molar-refractivity contribution in [3.05, 3.63) is 70.8 Å². The summed E-state index contributed by atoms with van der Waals surface area (Å²) >= 11 is 0. The summed E-state index contributed by atoms with van der Waals surface area (Å²) in [5, 5.41) is 2.96. The van der Waals surface area contributed by atoms with Crippen LogP contribution in [0.25, 0.3) is 0 Å². The smallest absolute Gasteiger partial charge is 0.251 e. The van der Waals surface area contributed by atoms with Crippen LogP contribution in [0.3, 0.4) is 0 Å². The molecule has 3 rings (SSSR count). The summed E-state index contributed by atoms with van der Waals surface area (Å²) in [5.41, 5.74) is 3.51. The lowest BCUT2D eigenvalue weighted by Gasteiger charge is -2.23. The van der Waals surface area contributed by atoms with Gasteiger partial charge in [-0.2, -0.15) is 0 Å². The highest BCUT2D eigenvalue weighted by atomic mass is 16.5. The number of rotatable bonds is 3. The molecule has 1 fully saturated rings. The minimum Gasteiger partial charge on any atom is -0.373 e. The summed E-state index contributed by atoms with van der Waals surface area (Å²) in [5.74, 6) is 6.19. The van der Waals surface area contributed by atoms with Crippen LogP contribution in [0, 0.1) is 18.8 Å². The van der Waals surface area contributed by atoms with E-state index in [0.717, 1.165) is 30.6 Å². The Bertz CT molecular complexity index is 789. The lowest BCUT2D eigenvalue weighted by Crippen LogP contribution is -2.40. The van der Waals surface area contributed by atoms with Gasteiger partial charge in [0.15, 0.2) is 0 Å². The third-order valence-electron chi connectivity index (χ3n) is 4.47. The second-order valence-corrected chi connectivity index (χ2v) is 6.78. The van der Waals surface area contributed by atoms with Crippen molar-refractivity contribution in [2.45, 2.75) is 32.3 Å². The van der Waals surface area contributed by atoms with Gasteiger partial charge < -0.3 is 10.1 Å². The van der Waals surface area contributed by atoms with E-state index in [2.05, 4.69) is 24.1 Å². The minimum atomic E-state index is -0.227. The van der Waals surface area contributed by atoms with Crippen molar-refractivity contribution >= 4 is 5.91 Å². The maximum Gasteiger partial charge on any atom is 0.251 e. The van der Waals surface area contributed by atoms with Crippen molar-refractivity contribution in [2.75, 3.05) is 13.2 Å². The molecular formula is C22H23NO2. The van der Waals surface area contributed by atoms with Gasteiger partial charge in [0, 0.05) is 29.8 Å². The van der Waals surface area contributed by atoms with Gasteiger partial charge in [-0.15, -0.1) is 0 Å². The molecule has 2 aromatic carbocycles. The van der Waals surface area contributed by atoms with Crippen molar-refractivity contribution in [2.24, 2.45) is 0 Å². The highest BCUT2D eigenvalue weighted by Gasteiger charge is 2.30. The first-order valence-electron chi connectivity index (χ1n) is 8.65. The van der Waals surface area contributed by atoms with Gasteiger partial charge in [-0.3, -0.25) is 4.79 Å². The Kier molecular flexibility index (Phi) is 5.21. The molecule has 2 aromatic rings. The quantitative estimate of drug-likeness (QED) is 0.870. The number of carbonyl (C=O) groups is 1. The first-order valence-corrected chi connectivity index (χ1v) is 8.65. The van der Waals surface area contributed by atoms with E-state index in [0.29, 0.717) is 12.1 Å². The Morgan fingerprint density at radius 1 is 1.08 bits per heavy atom. The molecule has 1 aliphatic rings. The number of carbonyl (C=O) groups excluding carboxylic acids is 1. The van der Waals surface area contributed by atoms with E-state index in [1.165, 1.54) is 5.56 Å². The Morgan fingerprint density at radius 2 is 1.68 bits per heavy atom. The summed E-state index contributed by atoms with van der Waals surface area (Å²) in [6.45, 7) is 5.42. The molecular weight excluding hydrogens is 310 g/mol. The number of benzene rings is 2. The van der Waals surface area contributed by atoms with Crippen LogP contribution < -0.4 is 5.32 Å². The second-order valence-electron chi connectivity index (χ2n) is 6.78. The number of hydrogen-bond acceptors (Lipinski definition) is 2. The van der Waals surface area contributed by atoms with E-state index in [1.807, 2.05) is 55.5 Å². The molecule has 128 valence electrons. The van der Waals surface area contributed by atoms with E-state index in [9.17, 15) is 4.79 Å². The summed E-state index contributed by atoms with van der Waals surface area (Å²) in [7, 11) is 0. The molecule has 3 nitrogen and oxygen atoms in total. The minimum absolute atomic E-state index is 0.0743. The van der Waals surface area contributed by atoms with E-state index in [1.54, 1.807) is 0 Å². The van der Waals surface area contributed by atoms with Crippen LogP contribution in [-0.2, 0) is 4.74 Å². The molecule has 0 saturated carbocycles. The van der Waals surface area contributed by atoms with Crippen molar-refractivity contribution in [3.8, 4) is 11.8 Å². The van der Waals surface area contributed by atoms with Gasteiger partial charge in [-0.25, -0.2) is 0 Å². The summed E-state index contributed by atoms with van der Waals surface area (Å²) in [6, 6.07) is 15.5. The lowest BCUT2D eigenvalue weighted by atomic mass is 10.0. The van der Waals surface area contributed by atoms with E-state index >= 15 is 0 Å². The first-order chi connectivity index (χ1) is 12.0. The third-order valence-corrected chi connectivity index (χ3v) is 4.47. The fraction of sp³-hybridized carbons (Fsp3) is 0.318. The highest BCUT2D eigenvalue weighted by molar-refractivity contribution is 5.94. The summed E-state index contributed by atoms with van der Waals surface area (Å²) in [4.78, 5) is 12.3. The molecule has 1 aliphatic heterocycles. The van der Waals surface area contributed by atoms with Gasteiger partial charge in [-0.1, -0.05) is 29.5 Å². The van der Waals surface area contributed by atoms with Gasteiger partial charge in [0.25, 0.3) is 5.91 Å². The van der Waals surface area contributed by atoms with Crippen LogP contribution in [-0.4, -0.2) is 24.7 Å². The molecule has 3 heteroatoms. The Labute approximate surface area is 149 Å². The standard InChI is InChI=1S/C22H23NO2/c1-17-4-6-18(7-5-17)8-9-19-10-12-20(13-11-19)21(24)23-16-22(2)14-3-15-25-22/h4-7,10-13H,3,14-16H2,1-2H3,(H,23,24). The Morgan fingerprint density at radius 3 is 2.24 bits per heavy atom. The number of ether oxygens (including phenoxy) is 1. The van der Waals surface area contributed by atoms with Crippen molar-refractivity contribution in [1.29, 1.82) is 0 Å². The second kappa shape index (κ2) is 7.55. The molecule has 0 aliphatic carbocycles. The molecule has 1 unspecified atom stereocenters. The van der Waals surface area contributed by atoms with Gasteiger partial charge >= 0.3 is 0 Å². The van der Waals surface area contributed by atoms with E-state index in [4.69, 9.17) is 4.74 Å². The third kappa shape index (κ3) is 4.71. The molecule has 0 radical (unpaired) electrons. The van der Waals surface area contributed by atoms with Crippen molar-refractivity contribution in [3.63, 3.8) is 0 Å². The Balaban J connectivity index is 1.60. The number of hydrogen-bond donors (Lipinski definition) is 1. The summed E-state index contributed by atoms with van der Waals surface area (Å²) in [6.07, 6.45) is 2.04. The zero-order valence-corrected chi connectivity index (χ0v) is 14.8. The summed E-state index contributed by atoms with van der Waals surface area (Å²) < 4.78 is 5.69. The molecule has 0 aromatic heterocycles. The average Bonchev–Trinajstić information content (AvgIpc) is 3.07. The van der Waals surface area contributed by atoms with Crippen LogP contribution in [0.1, 0.15) is 46.8 Å². The molecule has 0 spiro atoms. The van der Waals surface area contributed by atoms with Crippen LogP contribution in [0.15, 0.2) is 48.5 Å². The molecule has 1 N–H and O–H groups in total. The number of nitrogens with one attached hydrogen (secondary N) is 1. The van der Waals surface area contributed by atoms with Crippen LogP contribution in [0.4, 0.5) is 0 Å². The van der Waals surface area contributed by atoms with Gasteiger partial charge in [0.2, 0.25) is 0 Å². The van der Waals surface area contributed by atoms with Crippen molar-refractivity contribution < 1.29 is 9.53 Å². The maximum absolute atomic E-state index is 12.3. The zero-order chi connectivity index (χ0) is 17.7. The number of aryl methyl sites for hydroxylation is 1. The average molecular weight is 333 g/mol. The molecule has 25 heavy (non-hydrogen) atoms. The highest BCUT2D eigenvalue weighted by Crippen LogP contribution is 2.24. The van der Waals surface area contributed by atoms with E-state index in [-0.39, 0.29) is 11.5 Å². The largest absolute Gasteiger partial charge is 0.373 e. The van der Waals surface area contributed by atoms with E-state index < -0.39 is 0 Å². The van der Waals surface area contributed by atoms with Gasteiger partial charge in [0.05, 0.1) is 5.60 Å². The Hall–Kier alpha value is -2.57. The van der Waals surface area contributed by atoms with Crippen LogP contribution in [0.5, 0.6) is 0 Å². The molecule has 1 atom stereocenters. The fourth-order valence-electron chi connectivity index (χ4n) is 2.83. The predicted molar refractivity (Wildman–Crippen MR) is 99.5 cm³/mol. The van der Waals surface area contributed by atoms with Crippen LogP contribution in [0.2, 0.25) is 0 Å². The van der Waals surface area contributed by atoms with Gasteiger partial charge in [-0.05, 0) is 63.1 Å².